The fourth-order valence-corrected chi connectivity index (χ4v) is 3.63. The third-order valence-corrected chi connectivity index (χ3v) is 5.69. The predicted molar refractivity (Wildman–Crippen MR) is 110 cm³/mol. The molecule has 1 aliphatic heterocycles. The van der Waals surface area contributed by atoms with Gasteiger partial charge in [-0.25, -0.2) is 0 Å². The number of benzene rings is 2. The summed E-state index contributed by atoms with van der Waals surface area (Å²) in [7, 11) is 0. The summed E-state index contributed by atoms with van der Waals surface area (Å²) < 4.78 is 0. The molecule has 0 bridgehead atoms. The van der Waals surface area contributed by atoms with E-state index in [0.29, 0.717) is 5.02 Å². The van der Waals surface area contributed by atoms with Crippen LogP contribution in [-0.4, -0.2) is 43.0 Å². The Morgan fingerprint density at radius 1 is 1.00 bits per heavy atom. The Labute approximate surface area is 164 Å². The fraction of sp³-hybridized carbons (Fsp3) is 0.350. The van der Waals surface area contributed by atoms with Gasteiger partial charge in [0, 0.05) is 36.9 Å². The monoisotopic (exact) mass is 391 g/mol. The minimum absolute atomic E-state index is 0.0124. The lowest BCUT2D eigenvalue weighted by atomic mass is 10.1. The van der Waals surface area contributed by atoms with Crippen molar-refractivity contribution in [1.29, 1.82) is 0 Å². The SMILES string of the molecule is Cc1c(Cl)cccc1NC(=O)[C@@H](C)N1CCN(c2ccccc2Cl)CC1. The van der Waals surface area contributed by atoms with E-state index in [1.165, 1.54) is 0 Å². The number of amides is 1. The molecule has 0 radical (unpaired) electrons. The zero-order valence-corrected chi connectivity index (χ0v) is 16.5. The summed E-state index contributed by atoms with van der Waals surface area (Å²) in [5.41, 5.74) is 2.71. The minimum Gasteiger partial charge on any atom is -0.368 e. The predicted octanol–water partition coefficient (Wildman–Crippen LogP) is 4.45. The molecule has 26 heavy (non-hydrogen) atoms. The molecule has 0 saturated carbocycles. The van der Waals surface area contributed by atoms with Gasteiger partial charge in [0.25, 0.3) is 0 Å². The van der Waals surface area contributed by atoms with Crippen LogP contribution < -0.4 is 10.2 Å². The molecule has 0 spiro atoms. The Bertz CT molecular complexity index is 788. The highest BCUT2D eigenvalue weighted by atomic mass is 35.5. The molecule has 1 aliphatic rings. The van der Waals surface area contributed by atoms with Crippen LogP contribution in [0.25, 0.3) is 0 Å². The third-order valence-electron chi connectivity index (χ3n) is 4.96. The van der Waals surface area contributed by atoms with Crippen molar-refractivity contribution in [3.05, 3.63) is 58.1 Å². The average Bonchev–Trinajstić information content (AvgIpc) is 2.65. The van der Waals surface area contributed by atoms with E-state index in [2.05, 4.69) is 15.1 Å². The van der Waals surface area contributed by atoms with Crippen LogP contribution in [0.5, 0.6) is 0 Å². The van der Waals surface area contributed by atoms with E-state index in [9.17, 15) is 4.79 Å². The Kier molecular flexibility index (Phi) is 6.07. The molecule has 1 fully saturated rings. The highest BCUT2D eigenvalue weighted by molar-refractivity contribution is 6.33. The zero-order chi connectivity index (χ0) is 18.7. The lowest BCUT2D eigenvalue weighted by Gasteiger charge is -2.38. The molecule has 0 unspecified atom stereocenters. The first-order valence-electron chi connectivity index (χ1n) is 8.77. The summed E-state index contributed by atoms with van der Waals surface area (Å²) in [6.07, 6.45) is 0. The van der Waals surface area contributed by atoms with Gasteiger partial charge in [-0.15, -0.1) is 0 Å². The second-order valence-electron chi connectivity index (χ2n) is 6.55. The Morgan fingerprint density at radius 3 is 2.35 bits per heavy atom. The second kappa shape index (κ2) is 8.30. The third kappa shape index (κ3) is 4.14. The minimum atomic E-state index is -0.207. The summed E-state index contributed by atoms with van der Waals surface area (Å²) in [6, 6.07) is 13.2. The molecule has 1 saturated heterocycles. The van der Waals surface area contributed by atoms with Crippen molar-refractivity contribution in [2.75, 3.05) is 36.4 Å². The van der Waals surface area contributed by atoms with Gasteiger partial charge in [0.2, 0.25) is 5.91 Å². The molecular formula is C20H23Cl2N3O. The van der Waals surface area contributed by atoms with E-state index in [-0.39, 0.29) is 11.9 Å². The van der Waals surface area contributed by atoms with Gasteiger partial charge in [-0.05, 0) is 43.7 Å². The summed E-state index contributed by atoms with van der Waals surface area (Å²) in [5.74, 6) is -0.0124. The molecule has 6 heteroatoms. The number of halogens is 2. The van der Waals surface area contributed by atoms with Gasteiger partial charge in [-0.3, -0.25) is 9.69 Å². The normalized spacial score (nSPS) is 16.4. The van der Waals surface area contributed by atoms with Crippen molar-refractivity contribution >= 4 is 40.5 Å². The highest BCUT2D eigenvalue weighted by Gasteiger charge is 2.26. The van der Waals surface area contributed by atoms with Gasteiger partial charge >= 0.3 is 0 Å². The summed E-state index contributed by atoms with van der Waals surface area (Å²) in [4.78, 5) is 17.1. The highest BCUT2D eigenvalue weighted by Crippen LogP contribution is 2.27. The molecule has 0 aliphatic carbocycles. The number of piperazine rings is 1. The Balaban J connectivity index is 1.59. The molecule has 1 N–H and O–H groups in total. The lowest BCUT2D eigenvalue weighted by Crippen LogP contribution is -2.52. The smallest absolute Gasteiger partial charge is 0.241 e. The second-order valence-corrected chi connectivity index (χ2v) is 7.37. The molecule has 0 aromatic heterocycles. The van der Waals surface area contributed by atoms with Crippen molar-refractivity contribution in [2.45, 2.75) is 19.9 Å². The number of hydrogen-bond acceptors (Lipinski definition) is 3. The molecular weight excluding hydrogens is 369 g/mol. The maximum atomic E-state index is 12.7. The van der Waals surface area contributed by atoms with Crippen molar-refractivity contribution in [3.8, 4) is 0 Å². The van der Waals surface area contributed by atoms with Crippen LogP contribution in [0, 0.1) is 6.92 Å². The van der Waals surface area contributed by atoms with Gasteiger partial charge in [-0.1, -0.05) is 41.4 Å². The molecule has 1 amide bonds. The zero-order valence-electron chi connectivity index (χ0n) is 15.0. The number of carbonyl (C=O) groups is 1. The largest absolute Gasteiger partial charge is 0.368 e. The molecule has 3 rings (SSSR count). The van der Waals surface area contributed by atoms with E-state index in [1.54, 1.807) is 0 Å². The van der Waals surface area contributed by atoms with Crippen LogP contribution in [-0.2, 0) is 4.79 Å². The number of carbonyl (C=O) groups excluding carboxylic acids is 1. The maximum Gasteiger partial charge on any atom is 0.241 e. The van der Waals surface area contributed by atoms with Crippen LogP contribution in [0.2, 0.25) is 10.0 Å². The number of nitrogens with zero attached hydrogens (tertiary/aromatic N) is 2. The quantitative estimate of drug-likeness (QED) is 0.835. The van der Waals surface area contributed by atoms with Crippen molar-refractivity contribution in [2.24, 2.45) is 0 Å². The van der Waals surface area contributed by atoms with Gasteiger partial charge in [0.15, 0.2) is 0 Å². The first-order chi connectivity index (χ1) is 12.5. The number of anilines is 2. The number of para-hydroxylation sites is 1. The summed E-state index contributed by atoms with van der Waals surface area (Å²) >= 11 is 12.4. The van der Waals surface area contributed by atoms with Crippen molar-refractivity contribution < 1.29 is 4.79 Å². The van der Waals surface area contributed by atoms with Crippen LogP contribution in [0.1, 0.15) is 12.5 Å². The number of rotatable bonds is 4. The maximum absolute atomic E-state index is 12.7. The first-order valence-corrected chi connectivity index (χ1v) is 9.52. The van der Waals surface area contributed by atoms with Gasteiger partial charge in [0.05, 0.1) is 16.8 Å². The molecule has 1 heterocycles. The van der Waals surface area contributed by atoms with E-state index in [0.717, 1.165) is 48.1 Å². The van der Waals surface area contributed by atoms with Gasteiger partial charge < -0.3 is 10.2 Å². The average molecular weight is 392 g/mol. The Hall–Kier alpha value is -1.75. The summed E-state index contributed by atoms with van der Waals surface area (Å²) in [6.45, 7) is 7.17. The van der Waals surface area contributed by atoms with E-state index < -0.39 is 0 Å². The number of hydrogen-bond donors (Lipinski definition) is 1. The molecule has 138 valence electrons. The topological polar surface area (TPSA) is 35.6 Å². The van der Waals surface area contributed by atoms with Gasteiger partial charge in [0.1, 0.15) is 0 Å². The standard InChI is InChI=1S/C20H23Cl2N3O/c1-14-16(21)7-5-8-18(14)23-20(26)15(2)24-10-12-25(13-11-24)19-9-4-3-6-17(19)22/h3-9,15H,10-13H2,1-2H3,(H,23,26)/t15-/m1/s1. The fourth-order valence-electron chi connectivity index (χ4n) is 3.20. The van der Waals surface area contributed by atoms with Crippen LogP contribution >= 0.6 is 23.2 Å². The van der Waals surface area contributed by atoms with Crippen LogP contribution in [0.4, 0.5) is 11.4 Å². The van der Waals surface area contributed by atoms with Crippen LogP contribution in [0.3, 0.4) is 0 Å². The van der Waals surface area contributed by atoms with Crippen molar-refractivity contribution in [1.82, 2.24) is 4.90 Å². The van der Waals surface area contributed by atoms with Crippen molar-refractivity contribution in [3.63, 3.8) is 0 Å². The first kappa shape index (κ1) is 19.0. The van der Waals surface area contributed by atoms with E-state index in [1.807, 2.05) is 56.3 Å². The lowest BCUT2D eigenvalue weighted by molar-refractivity contribution is -0.120. The molecule has 2 aromatic carbocycles. The molecule has 1 atom stereocenters. The van der Waals surface area contributed by atoms with Gasteiger partial charge in [-0.2, -0.15) is 0 Å². The number of nitrogens with one attached hydrogen (secondary N) is 1. The van der Waals surface area contributed by atoms with E-state index in [4.69, 9.17) is 23.2 Å². The van der Waals surface area contributed by atoms with Crippen LogP contribution in [0.15, 0.2) is 42.5 Å². The van der Waals surface area contributed by atoms with E-state index >= 15 is 0 Å². The molecule has 2 aromatic rings. The Morgan fingerprint density at radius 2 is 1.65 bits per heavy atom. The summed E-state index contributed by atoms with van der Waals surface area (Å²) in [5, 5.41) is 4.42. The molecule has 4 nitrogen and oxygen atoms in total.